The molecule has 1 unspecified atom stereocenters. The Hall–Kier alpha value is -3.37. The number of benzene rings is 2. The third kappa shape index (κ3) is 6.36. The number of aromatic nitrogens is 1. The van der Waals surface area contributed by atoms with Crippen molar-refractivity contribution in [1.29, 1.82) is 0 Å². The first kappa shape index (κ1) is 25.3. The van der Waals surface area contributed by atoms with Gasteiger partial charge in [0.05, 0.1) is 30.0 Å². The molecule has 34 heavy (non-hydrogen) atoms. The number of ether oxygens (including phenoxy) is 2. The van der Waals surface area contributed by atoms with Gasteiger partial charge in [-0.15, -0.1) is 11.3 Å². The van der Waals surface area contributed by atoms with Gasteiger partial charge in [-0.2, -0.15) is 0 Å². The van der Waals surface area contributed by atoms with E-state index in [2.05, 4.69) is 15.6 Å². The molecule has 1 aromatic heterocycles. The molecule has 0 aliphatic carbocycles. The van der Waals surface area contributed by atoms with Gasteiger partial charge < -0.3 is 20.1 Å². The Morgan fingerprint density at radius 1 is 1.21 bits per heavy atom. The Kier molecular flexibility index (Phi) is 8.67. The van der Waals surface area contributed by atoms with Gasteiger partial charge in [-0.3, -0.25) is 9.59 Å². The average molecular weight is 498 g/mol. The van der Waals surface area contributed by atoms with Crippen LogP contribution >= 0.6 is 22.9 Å². The van der Waals surface area contributed by atoms with Crippen LogP contribution in [0.15, 0.2) is 48.7 Å². The van der Waals surface area contributed by atoms with Gasteiger partial charge in [0.15, 0.2) is 5.81 Å². The van der Waals surface area contributed by atoms with Gasteiger partial charge in [0.1, 0.15) is 16.8 Å². The van der Waals surface area contributed by atoms with Gasteiger partial charge in [-0.25, -0.2) is 9.78 Å². The standard InChI is InChI=1S/C23H21BClN3O5S/c1-3-33-22(30)16-6-4-5-7-18(16)27-20(29)19(28-23(24)31)11-14-12-26-21(34-14)15-9-8-13(32-2)10-17(15)25/h4-10,12,19H,3,11H2,1-2H3,(H,27,29)(H,28,31). The van der Waals surface area contributed by atoms with E-state index in [1.165, 1.54) is 17.4 Å². The number of para-hydroxylation sites is 1. The third-order valence-corrected chi connectivity index (χ3v) is 6.04. The molecule has 11 heteroatoms. The molecule has 174 valence electrons. The molecule has 2 radical (unpaired) electrons. The topological polar surface area (TPSA) is 107 Å². The second-order valence-electron chi connectivity index (χ2n) is 7.00. The molecule has 0 aliphatic rings. The first-order valence-electron chi connectivity index (χ1n) is 10.2. The number of amides is 2. The molecule has 0 saturated heterocycles. The van der Waals surface area contributed by atoms with Crippen LogP contribution in [-0.4, -0.2) is 50.3 Å². The maximum Gasteiger partial charge on any atom is 0.340 e. The maximum absolute atomic E-state index is 13.0. The van der Waals surface area contributed by atoms with Crippen LogP contribution in [0.5, 0.6) is 5.75 Å². The van der Waals surface area contributed by atoms with E-state index in [0.717, 1.165) is 4.88 Å². The summed E-state index contributed by atoms with van der Waals surface area (Å²) < 4.78 is 10.2. The minimum absolute atomic E-state index is 0.127. The van der Waals surface area contributed by atoms with E-state index < -0.39 is 23.7 Å². The highest BCUT2D eigenvalue weighted by atomic mass is 35.5. The van der Waals surface area contributed by atoms with E-state index in [1.54, 1.807) is 56.6 Å². The molecular weight excluding hydrogens is 477 g/mol. The zero-order valence-corrected chi connectivity index (χ0v) is 20.0. The molecule has 1 atom stereocenters. The van der Waals surface area contributed by atoms with Crippen molar-refractivity contribution in [2.75, 3.05) is 19.0 Å². The molecule has 3 aromatic rings. The summed E-state index contributed by atoms with van der Waals surface area (Å²) in [6.07, 6.45) is 1.73. The lowest BCUT2D eigenvalue weighted by molar-refractivity contribution is -0.117. The summed E-state index contributed by atoms with van der Waals surface area (Å²) in [6.45, 7) is 1.88. The third-order valence-electron chi connectivity index (χ3n) is 4.68. The minimum atomic E-state index is -1.01. The van der Waals surface area contributed by atoms with Crippen molar-refractivity contribution in [2.24, 2.45) is 0 Å². The maximum atomic E-state index is 13.0. The predicted molar refractivity (Wildman–Crippen MR) is 132 cm³/mol. The molecule has 8 nitrogen and oxygen atoms in total. The van der Waals surface area contributed by atoms with E-state index in [-0.39, 0.29) is 24.3 Å². The molecular formula is C23H21BClN3O5S. The summed E-state index contributed by atoms with van der Waals surface area (Å²) in [7, 11) is 6.84. The fraction of sp³-hybridized carbons (Fsp3) is 0.217. The van der Waals surface area contributed by atoms with Crippen molar-refractivity contribution in [1.82, 2.24) is 10.3 Å². The average Bonchev–Trinajstić information content (AvgIpc) is 3.26. The number of methoxy groups -OCH3 is 1. The van der Waals surface area contributed by atoms with Gasteiger partial charge in [-0.05, 0) is 37.3 Å². The molecule has 0 fully saturated rings. The summed E-state index contributed by atoms with van der Waals surface area (Å²) in [6, 6.07) is 10.7. The van der Waals surface area contributed by atoms with Crippen LogP contribution in [0.3, 0.4) is 0 Å². The fourth-order valence-electron chi connectivity index (χ4n) is 3.10. The highest BCUT2D eigenvalue weighted by Gasteiger charge is 2.23. The summed E-state index contributed by atoms with van der Waals surface area (Å²) in [5.41, 5.74) is 1.17. The van der Waals surface area contributed by atoms with Crippen LogP contribution in [0.1, 0.15) is 22.2 Å². The van der Waals surface area contributed by atoms with Gasteiger partial charge in [0.25, 0.3) is 0 Å². The number of rotatable bonds is 9. The Labute approximate surface area is 207 Å². The van der Waals surface area contributed by atoms with E-state index in [4.69, 9.17) is 28.9 Å². The smallest absolute Gasteiger partial charge is 0.340 e. The van der Waals surface area contributed by atoms with Crippen molar-refractivity contribution < 1.29 is 23.9 Å². The van der Waals surface area contributed by atoms with E-state index in [1.807, 2.05) is 0 Å². The number of hydrogen-bond acceptors (Lipinski definition) is 7. The molecule has 2 aromatic carbocycles. The molecule has 3 rings (SSSR count). The van der Waals surface area contributed by atoms with Crippen LogP contribution in [-0.2, 0) is 16.0 Å². The molecule has 0 saturated carbocycles. The number of carbonyl (C=O) groups is 3. The largest absolute Gasteiger partial charge is 0.497 e. The Morgan fingerprint density at radius 3 is 2.65 bits per heavy atom. The summed E-state index contributed by atoms with van der Waals surface area (Å²) in [5, 5.41) is 6.24. The predicted octanol–water partition coefficient (Wildman–Crippen LogP) is 4.08. The van der Waals surface area contributed by atoms with E-state index in [9.17, 15) is 14.4 Å². The SMILES string of the molecule is [B]C(=O)NC(Cc1cnc(-c2ccc(OC)cc2Cl)s1)C(=O)Nc1ccccc1C(=O)OCC. The Morgan fingerprint density at radius 2 is 1.97 bits per heavy atom. The number of carbonyl (C=O) groups excluding carboxylic acids is 3. The number of anilines is 1. The van der Waals surface area contributed by atoms with E-state index >= 15 is 0 Å². The molecule has 0 spiro atoms. The number of esters is 1. The first-order valence-corrected chi connectivity index (χ1v) is 11.4. The van der Waals surface area contributed by atoms with E-state index in [0.29, 0.717) is 21.3 Å². The monoisotopic (exact) mass is 497 g/mol. The number of nitrogens with zero attached hydrogens (tertiary/aromatic N) is 1. The highest BCUT2D eigenvalue weighted by molar-refractivity contribution is 7.15. The zero-order valence-electron chi connectivity index (χ0n) is 18.5. The molecule has 2 N–H and O–H groups in total. The van der Waals surface area contributed by atoms with Gasteiger partial charge >= 0.3 is 5.97 Å². The highest BCUT2D eigenvalue weighted by Crippen LogP contribution is 2.34. The van der Waals surface area contributed by atoms with Crippen molar-refractivity contribution >= 4 is 54.2 Å². The molecule has 0 bridgehead atoms. The van der Waals surface area contributed by atoms with Crippen LogP contribution in [0.2, 0.25) is 5.02 Å². The van der Waals surface area contributed by atoms with Crippen LogP contribution in [0, 0.1) is 0 Å². The minimum Gasteiger partial charge on any atom is -0.497 e. The number of hydrogen-bond donors (Lipinski definition) is 2. The number of thiazole rings is 1. The molecule has 0 aliphatic heterocycles. The zero-order chi connectivity index (χ0) is 24.7. The van der Waals surface area contributed by atoms with Crippen LogP contribution in [0.4, 0.5) is 10.5 Å². The van der Waals surface area contributed by atoms with Gasteiger partial charge in [-0.1, -0.05) is 23.7 Å². The Bertz CT molecular complexity index is 1200. The van der Waals surface area contributed by atoms with Crippen molar-refractivity contribution in [3.8, 4) is 16.3 Å². The van der Waals surface area contributed by atoms with Gasteiger partial charge in [0.2, 0.25) is 13.8 Å². The van der Waals surface area contributed by atoms with Gasteiger partial charge in [0, 0.05) is 23.1 Å². The Balaban J connectivity index is 1.80. The first-order chi connectivity index (χ1) is 16.3. The number of halogens is 1. The van der Waals surface area contributed by atoms with Crippen molar-refractivity contribution in [2.45, 2.75) is 19.4 Å². The van der Waals surface area contributed by atoms with Crippen molar-refractivity contribution in [3.05, 3.63) is 64.1 Å². The quantitative estimate of drug-likeness (QED) is 0.341. The fourth-order valence-corrected chi connectivity index (χ4v) is 4.42. The van der Waals surface area contributed by atoms with Crippen LogP contribution < -0.4 is 15.4 Å². The lowest BCUT2D eigenvalue weighted by Crippen LogP contribution is -2.44. The summed E-state index contributed by atoms with van der Waals surface area (Å²) in [5.74, 6) is -1.35. The lowest BCUT2D eigenvalue weighted by Gasteiger charge is -2.18. The number of nitrogens with one attached hydrogen (secondary N) is 2. The lowest BCUT2D eigenvalue weighted by atomic mass is 10.1. The second-order valence-corrected chi connectivity index (χ2v) is 8.52. The van der Waals surface area contributed by atoms with Crippen molar-refractivity contribution in [3.63, 3.8) is 0 Å². The second kappa shape index (κ2) is 11.7. The molecule has 2 amide bonds. The normalized spacial score (nSPS) is 11.4. The molecule has 1 heterocycles. The van der Waals surface area contributed by atoms with Crippen LogP contribution in [0.25, 0.3) is 10.6 Å². The summed E-state index contributed by atoms with van der Waals surface area (Å²) >= 11 is 7.67. The summed E-state index contributed by atoms with van der Waals surface area (Å²) in [4.78, 5) is 41.9.